The molecule has 0 bridgehead atoms. The van der Waals surface area contributed by atoms with Crippen molar-refractivity contribution in [3.05, 3.63) is 60.2 Å². The van der Waals surface area contributed by atoms with Crippen molar-refractivity contribution in [3.63, 3.8) is 0 Å². The van der Waals surface area contributed by atoms with Crippen LogP contribution in [0.4, 0.5) is 4.39 Å². The highest BCUT2D eigenvalue weighted by molar-refractivity contribution is 5.77. The summed E-state index contributed by atoms with van der Waals surface area (Å²) >= 11 is 0. The van der Waals surface area contributed by atoms with E-state index in [1.54, 1.807) is 41.1 Å². The highest BCUT2D eigenvalue weighted by Crippen LogP contribution is 2.20. The van der Waals surface area contributed by atoms with Crippen molar-refractivity contribution in [3.8, 4) is 11.3 Å². The number of pyridine rings is 1. The molecule has 0 saturated heterocycles. The van der Waals surface area contributed by atoms with Gasteiger partial charge in [0.25, 0.3) is 0 Å². The number of hydrogen-bond donors (Lipinski definition) is 0. The van der Waals surface area contributed by atoms with Crippen molar-refractivity contribution < 1.29 is 9.18 Å². The molecule has 0 amide bonds. The van der Waals surface area contributed by atoms with Gasteiger partial charge in [0.2, 0.25) is 0 Å². The monoisotopic (exact) mass is 240 g/mol. The predicted octanol–water partition coefficient (Wildman–Crippen LogP) is 2.95. The van der Waals surface area contributed by atoms with Crippen molar-refractivity contribution in [2.45, 2.75) is 0 Å². The van der Waals surface area contributed by atoms with E-state index in [0.717, 1.165) is 6.29 Å². The van der Waals surface area contributed by atoms with Crippen LogP contribution < -0.4 is 0 Å². The Morgan fingerprint density at radius 3 is 2.89 bits per heavy atom. The SMILES string of the molecule is O=Cc1ccn2cc(-c3cccc(F)c3)nc2c1. The van der Waals surface area contributed by atoms with Crippen LogP contribution in [0, 0.1) is 5.82 Å². The minimum Gasteiger partial charge on any atom is -0.306 e. The Labute approximate surface area is 103 Å². The zero-order chi connectivity index (χ0) is 12.5. The van der Waals surface area contributed by atoms with Crippen molar-refractivity contribution in [1.29, 1.82) is 0 Å². The van der Waals surface area contributed by atoms with Crippen LogP contribution in [0.15, 0.2) is 48.8 Å². The van der Waals surface area contributed by atoms with Gasteiger partial charge in [-0.3, -0.25) is 4.79 Å². The van der Waals surface area contributed by atoms with Crippen LogP contribution in [-0.2, 0) is 0 Å². The standard InChI is InChI=1S/C14H9FN2O/c15-12-3-1-2-11(7-12)13-8-17-5-4-10(9-18)6-14(17)16-13/h1-9H. The highest BCUT2D eigenvalue weighted by atomic mass is 19.1. The Morgan fingerprint density at radius 2 is 2.11 bits per heavy atom. The molecule has 3 nitrogen and oxygen atoms in total. The summed E-state index contributed by atoms with van der Waals surface area (Å²) in [6.45, 7) is 0. The summed E-state index contributed by atoms with van der Waals surface area (Å²) in [5.74, 6) is -0.293. The zero-order valence-electron chi connectivity index (χ0n) is 9.38. The second-order valence-electron chi connectivity index (χ2n) is 3.98. The fourth-order valence-electron chi connectivity index (χ4n) is 1.86. The average molecular weight is 240 g/mol. The molecule has 4 heteroatoms. The molecule has 18 heavy (non-hydrogen) atoms. The molecule has 0 N–H and O–H groups in total. The number of rotatable bonds is 2. The molecular formula is C14H9FN2O. The van der Waals surface area contributed by atoms with Crippen LogP contribution >= 0.6 is 0 Å². The van der Waals surface area contributed by atoms with Crippen molar-refractivity contribution in [2.75, 3.05) is 0 Å². The summed E-state index contributed by atoms with van der Waals surface area (Å²) in [7, 11) is 0. The van der Waals surface area contributed by atoms with Gasteiger partial charge in [-0.15, -0.1) is 0 Å². The quantitative estimate of drug-likeness (QED) is 0.645. The lowest BCUT2D eigenvalue weighted by Crippen LogP contribution is -1.85. The van der Waals surface area contributed by atoms with Crippen LogP contribution in [-0.4, -0.2) is 15.7 Å². The number of hydrogen-bond acceptors (Lipinski definition) is 2. The first-order valence-corrected chi connectivity index (χ1v) is 5.46. The maximum absolute atomic E-state index is 13.1. The molecule has 0 atom stereocenters. The normalized spacial score (nSPS) is 10.7. The second kappa shape index (κ2) is 4.07. The molecule has 0 aliphatic heterocycles. The third-order valence-electron chi connectivity index (χ3n) is 2.74. The Kier molecular flexibility index (Phi) is 2.41. The molecule has 3 rings (SSSR count). The lowest BCUT2D eigenvalue weighted by atomic mass is 10.2. The molecule has 0 radical (unpaired) electrons. The first kappa shape index (κ1) is 10.7. The number of imidazole rings is 1. The Balaban J connectivity index is 2.16. The molecule has 0 saturated carbocycles. The van der Waals surface area contributed by atoms with E-state index in [1.165, 1.54) is 12.1 Å². The van der Waals surface area contributed by atoms with E-state index >= 15 is 0 Å². The van der Waals surface area contributed by atoms with Gasteiger partial charge in [0.05, 0.1) is 5.69 Å². The number of aldehydes is 1. The molecule has 0 aliphatic carbocycles. The summed E-state index contributed by atoms with van der Waals surface area (Å²) < 4.78 is 14.9. The van der Waals surface area contributed by atoms with Crippen molar-refractivity contribution in [1.82, 2.24) is 9.38 Å². The number of aromatic nitrogens is 2. The van der Waals surface area contributed by atoms with Gasteiger partial charge < -0.3 is 4.40 Å². The topological polar surface area (TPSA) is 34.4 Å². The largest absolute Gasteiger partial charge is 0.306 e. The first-order chi connectivity index (χ1) is 8.76. The average Bonchev–Trinajstić information content (AvgIpc) is 2.81. The minimum absolute atomic E-state index is 0.293. The molecular weight excluding hydrogens is 231 g/mol. The second-order valence-corrected chi connectivity index (χ2v) is 3.98. The lowest BCUT2D eigenvalue weighted by molar-refractivity contribution is 0.112. The van der Waals surface area contributed by atoms with E-state index in [4.69, 9.17) is 0 Å². The van der Waals surface area contributed by atoms with Gasteiger partial charge in [0.1, 0.15) is 17.8 Å². The molecule has 1 aromatic carbocycles. The minimum atomic E-state index is -0.293. The first-order valence-electron chi connectivity index (χ1n) is 5.46. The Bertz CT molecular complexity index is 733. The van der Waals surface area contributed by atoms with E-state index in [-0.39, 0.29) is 5.82 Å². The van der Waals surface area contributed by atoms with Crippen LogP contribution in [0.1, 0.15) is 10.4 Å². The van der Waals surface area contributed by atoms with Crippen LogP contribution in [0.5, 0.6) is 0 Å². The number of carbonyl (C=O) groups is 1. The fourth-order valence-corrected chi connectivity index (χ4v) is 1.86. The Hall–Kier alpha value is -2.49. The fraction of sp³-hybridized carbons (Fsp3) is 0. The number of nitrogens with zero attached hydrogens (tertiary/aromatic N) is 2. The van der Waals surface area contributed by atoms with Gasteiger partial charge in [-0.2, -0.15) is 0 Å². The van der Waals surface area contributed by atoms with Gasteiger partial charge in [0, 0.05) is 23.5 Å². The van der Waals surface area contributed by atoms with E-state index in [0.29, 0.717) is 22.5 Å². The summed E-state index contributed by atoms with van der Waals surface area (Å²) in [6, 6.07) is 9.66. The molecule has 2 heterocycles. The van der Waals surface area contributed by atoms with Gasteiger partial charge in [-0.05, 0) is 24.3 Å². The van der Waals surface area contributed by atoms with Crippen LogP contribution in [0.25, 0.3) is 16.9 Å². The lowest BCUT2D eigenvalue weighted by Gasteiger charge is -1.94. The molecule has 0 aliphatic rings. The van der Waals surface area contributed by atoms with Gasteiger partial charge in [0.15, 0.2) is 0 Å². The zero-order valence-corrected chi connectivity index (χ0v) is 9.38. The van der Waals surface area contributed by atoms with Crippen molar-refractivity contribution >= 4 is 11.9 Å². The highest BCUT2D eigenvalue weighted by Gasteiger charge is 2.05. The molecule has 0 spiro atoms. The van der Waals surface area contributed by atoms with Gasteiger partial charge >= 0.3 is 0 Å². The van der Waals surface area contributed by atoms with Crippen LogP contribution in [0.3, 0.4) is 0 Å². The number of fused-ring (bicyclic) bond motifs is 1. The van der Waals surface area contributed by atoms with E-state index in [1.807, 2.05) is 0 Å². The predicted molar refractivity (Wildman–Crippen MR) is 66.0 cm³/mol. The van der Waals surface area contributed by atoms with Gasteiger partial charge in [-0.1, -0.05) is 12.1 Å². The summed E-state index contributed by atoms with van der Waals surface area (Å²) in [6.07, 6.45) is 4.34. The van der Waals surface area contributed by atoms with E-state index < -0.39 is 0 Å². The summed E-state index contributed by atoms with van der Waals surface area (Å²) in [4.78, 5) is 15.1. The number of halogens is 1. The van der Waals surface area contributed by atoms with E-state index in [2.05, 4.69) is 4.98 Å². The molecule has 0 unspecified atom stereocenters. The maximum atomic E-state index is 13.1. The summed E-state index contributed by atoms with van der Waals surface area (Å²) in [5.41, 5.74) is 2.63. The molecule has 3 aromatic rings. The van der Waals surface area contributed by atoms with Crippen LogP contribution in [0.2, 0.25) is 0 Å². The van der Waals surface area contributed by atoms with E-state index in [9.17, 15) is 9.18 Å². The Morgan fingerprint density at radius 1 is 1.22 bits per heavy atom. The number of benzene rings is 1. The molecule has 0 fully saturated rings. The van der Waals surface area contributed by atoms with Crippen molar-refractivity contribution in [2.24, 2.45) is 0 Å². The molecule has 88 valence electrons. The van der Waals surface area contributed by atoms with Gasteiger partial charge in [-0.25, -0.2) is 9.37 Å². The third-order valence-corrected chi connectivity index (χ3v) is 2.74. The summed E-state index contributed by atoms with van der Waals surface area (Å²) in [5, 5.41) is 0. The third kappa shape index (κ3) is 1.78. The number of carbonyl (C=O) groups excluding carboxylic acids is 1. The molecule has 2 aromatic heterocycles. The maximum Gasteiger partial charge on any atom is 0.150 e. The smallest absolute Gasteiger partial charge is 0.150 e.